The number of aliphatic imine (C=N–C) groups is 1. The molecule has 1 aromatic rings. The van der Waals surface area contributed by atoms with Crippen molar-refractivity contribution in [3.8, 4) is 5.75 Å². The molecule has 1 unspecified atom stereocenters. The summed E-state index contributed by atoms with van der Waals surface area (Å²) in [5, 5.41) is 8.95. The van der Waals surface area contributed by atoms with Gasteiger partial charge in [0, 0.05) is 6.21 Å². The lowest BCUT2D eigenvalue weighted by molar-refractivity contribution is 0.264. The van der Waals surface area contributed by atoms with Crippen LogP contribution in [0.1, 0.15) is 18.9 Å². The summed E-state index contributed by atoms with van der Waals surface area (Å²) in [6.45, 7) is 2.11. The summed E-state index contributed by atoms with van der Waals surface area (Å²) in [6, 6.07) is 7.66. The van der Waals surface area contributed by atoms with Gasteiger partial charge in [0.1, 0.15) is 5.75 Å². The summed E-state index contributed by atoms with van der Waals surface area (Å²) in [5.41, 5.74) is 1.02. The van der Waals surface area contributed by atoms with E-state index in [2.05, 4.69) is 4.99 Å². The minimum Gasteiger partial charge on any atom is -0.497 e. The van der Waals surface area contributed by atoms with Crippen LogP contribution in [0.4, 0.5) is 0 Å². The van der Waals surface area contributed by atoms with Gasteiger partial charge in [-0.2, -0.15) is 0 Å². The highest BCUT2D eigenvalue weighted by molar-refractivity contribution is 5.79. The van der Waals surface area contributed by atoms with E-state index in [-0.39, 0.29) is 12.6 Å². The third kappa shape index (κ3) is 3.72. The SMILES string of the molecule is CCC(CO)N=Cc1ccc(OC)cc1. The van der Waals surface area contributed by atoms with E-state index in [0.717, 1.165) is 17.7 Å². The van der Waals surface area contributed by atoms with Crippen molar-refractivity contribution < 1.29 is 9.84 Å². The van der Waals surface area contributed by atoms with Gasteiger partial charge in [0.05, 0.1) is 19.8 Å². The third-order valence-electron chi connectivity index (χ3n) is 2.23. The molecule has 0 saturated heterocycles. The van der Waals surface area contributed by atoms with Crippen molar-refractivity contribution in [1.82, 2.24) is 0 Å². The zero-order valence-corrected chi connectivity index (χ0v) is 9.18. The van der Waals surface area contributed by atoms with Crippen LogP contribution in [-0.2, 0) is 0 Å². The first-order valence-corrected chi connectivity index (χ1v) is 5.08. The van der Waals surface area contributed by atoms with Crippen LogP contribution in [-0.4, -0.2) is 31.1 Å². The second-order valence-electron chi connectivity index (χ2n) is 3.30. The Morgan fingerprint density at radius 2 is 2.07 bits per heavy atom. The van der Waals surface area contributed by atoms with Gasteiger partial charge in [0.15, 0.2) is 0 Å². The van der Waals surface area contributed by atoms with E-state index in [1.54, 1.807) is 13.3 Å². The van der Waals surface area contributed by atoms with Gasteiger partial charge in [-0.1, -0.05) is 6.92 Å². The Kier molecular flexibility index (Phi) is 4.84. The molecule has 3 heteroatoms. The van der Waals surface area contributed by atoms with Crippen LogP contribution in [0.15, 0.2) is 29.3 Å². The lowest BCUT2D eigenvalue weighted by Crippen LogP contribution is -2.08. The quantitative estimate of drug-likeness (QED) is 0.749. The first kappa shape index (κ1) is 11.7. The van der Waals surface area contributed by atoms with Crippen LogP contribution in [0.3, 0.4) is 0 Å². The topological polar surface area (TPSA) is 41.8 Å². The number of aliphatic hydroxyl groups excluding tert-OH is 1. The molecule has 0 aliphatic carbocycles. The van der Waals surface area contributed by atoms with Gasteiger partial charge in [0.25, 0.3) is 0 Å². The van der Waals surface area contributed by atoms with Crippen molar-refractivity contribution in [2.75, 3.05) is 13.7 Å². The molecule has 0 bridgehead atoms. The number of hydrogen-bond acceptors (Lipinski definition) is 3. The smallest absolute Gasteiger partial charge is 0.118 e. The predicted molar refractivity (Wildman–Crippen MR) is 61.8 cm³/mol. The third-order valence-corrected chi connectivity index (χ3v) is 2.23. The van der Waals surface area contributed by atoms with Crippen LogP contribution in [0, 0.1) is 0 Å². The van der Waals surface area contributed by atoms with E-state index in [0.29, 0.717) is 0 Å². The van der Waals surface area contributed by atoms with E-state index in [9.17, 15) is 0 Å². The van der Waals surface area contributed by atoms with Crippen molar-refractivity contribution in [3.63, 3.8) is 0 Å². The van der Waals surface area contributed by atoms with E-state index >= 15 is 0 Å². The molecule has 0 fully saturated rings. The van der Waals surface area contributed by atoms with Crippen molar-refractivity contribution in [2.24, 2.45) is 4.99 Å². The molecule has 15 heavy (non-hydrogen) atoms. The van der Waals surface area contributed by atoms with Crippen LogP contribution in [0.5, 0.6) is 5.75 Å². The van der Waals surface area contributed by atoms with Crippen molar-refractivity contribution in [3.05, 3.63) is 29.8 Å². The molecule has 0 radical (unpaired) electrons. The molecule has 0 saturated carbocycles. The zero-order chi connectivity index (χ0) is 11.1. The number of ether oxygens (including phenoxy) is 1. The number of hydrogen-bond donors (Lipinski definition) is 1. The number of benzene rings is 1. The first-order chi connectivity index (χ1) is 7.30. The Balaban J connectivity index is 2.63. The van der Waals surface area contributed by atoms with Crippen LogP contribution in [0.25, 0.3) is 0 Å². The molecule has 0 heterocycles. The van der Waals surface area contributed by atoms with Crippen LogP contribution >= 0.6 is 0 Å². The second kappa shape index (κ2) is 6.19. The molecule has 3 nitrogen and oxygen atoms in total. The fourth-order valence-corrected chi connectivity index (χ4v) is 1.16. The molecule has 0 amide bonds. The molecule has 1 N–H and O–H groups in total. The summed E-state index contributed by atoms with van der Waals surface area (Å²) in [6.07, 6.45) is 2.63. The maximum absolute atomic E-state index is 8.95. The molecular weight excluding hydrogens is 190 g/mol. The van der Waals surface area contributed by atoms with Gasteiger partial charge >= 0.3 is 0 Å². The number of rotatable bonds is 5. The molecule has 0 aromatic heterocycles. The maximum Gasteiger partial charge on any atom is 0.118 e. The van der Waals surface area contributed by atoms with Gasteiger partial charge < -0.3 is 9.84 Å². The normalized spacial score (nSPS) is 13.0. The predicted octanol–water partition coefficient (Wildman–Crippen LogP) is 1.89. The van der Waals surface area contributed by atoms with Crippen LogP contribution < -0.4 is 4.74 Å². The van der Waals surface area contributed by atoms with Gasteiger partial charge in [-0.15, -0.1) is 0 Å². The molecule has 1 atom stereocenters. The summed E-state index contributed by atoms with van der Waals surface area (Å²) in [4.78, 5) is 4.27. The molecule has 1 aromatic carbocycles. The Bertz CT molecular complexity index is 302. The van der Waals surface area contributed by atoms with Gasteiger partial charge in [-0.05, 0) is 36.2 Å². The Labute approximate surface area is 90.4 Å². The average Bonchev–Trinajstić information content (AvgIpc) is 2.31. The number of methoxy groups -OCH3 is 1. The Morgan fingerprint density at radius 3 is 2.53 bits per heavy atom. The lowest BCUT2D eigenvalue weighted by atomic mass is 10.2. The summed E-state index contributed by atoms with van der Waals surface area (Å²) < 4.78 is 5.05. The molecule has 1 rings (SSSR count). The van der Waals surface area contributed by atoms with E-state index in [1.807, 2.05) is 31.2 Å². The number of nitrogens with zero attached hydrogens (tertiary/aromatic N) is 1. The Morgan fingerprint density at radius 1 is 1.40 bits per heavy atom. The monoisotopic (exact) mass is 207 g/mol. The molecule has 0 aliphatic rings. The lowest BCUT2D eigenvalue weighted by Gasteiger charge is -2.04. The fraction of sp³-hybridized carbons (Fsp3) is 0.417. The minimum atomic E-state index is 0.00658. The van der Waals surface area contributed by atoms with Crippen LogP contribution in [0.2, 0.25) is 0 Å². The molecular formula is C12H17NO2. The Hall–Kier alpha value is -1.35. The van der Waals surface area contributed by atoms with E-state index in [1.165, 1.54) is 0 Å². The fourth-order valence-electron chi connectivity index (χ4n) is 1.16. The summed E-state index contributed by atoms with van der Waals surface area (Å²) >= 11 is 0. The van der Waals surface area contributed by atoms with Gasteiger partial charge in [-0.3, -0.25) is 4.99 Å². The highest BCUT2D eigenvalue weighted by Gasteiger charge is 1.98. The van der Waals surface area contributed by atoms with Crippen molar-refractivity contribution in [2.45, 2.75) is 19.4 Å². The van der Waals surface area contributed by atoms with E-state index in [4.69, 9.17) is 9.84 Å². The summed E-state index contributed by atoms with van der Waals surface area (Å²) in [7, 11) is 1.64. The average molecular weight is 207 g/mol. The maximum atomic E-state index is 8.95. The van der Waals surface area contributed by atoms with Crippen molar-refractivity contribution in [1.29, 1.82) is 0 Å². The standard InChI is InChI=1S/C12H17NO2/c1-3-11(9-14)13-8-10-4-6-12(15-2)7-5-10/h4-8,11,14H,3,9H2,1-2H3. The highest BCUT2D eigenvalue weighted by Crippen LogP contribution is 2.10. The largest absolute Gasteiger partial charge is 0.497 e. The first-order valence-electron chi connectivity index (χ1n) is 5.08. The zero-order valence-electron chi connectivity index (χ0n) is 9.18. The van der Waals surface area contributed by atoms with Gasteiger partial charge in [-0.25, -0.2) is 0 Å². The highest BCUT2D eigenvalue weighted by atomic mass is 16.5. The number of aliphatic hydroxyl groups is 1. The van der Waals surface area contributed by atoms with Crippen molar-refractivity contribution >= 4 is 6.21 Å². The molecule has 82 valence electrons. The van der Waals surface area contributed by atoms with E-state index < -0.39 is 0 Å². The second-order valence-corrected chi connectivity index (χ2v) is 3.30. The van der Waals surface area contributed by atoms with Gasteiger partial charge in [0.2, 0.25) is 0 Å². The molecule has 0 aliphatic heterocycles. The summed E-state index contributed by atoms with van der Waals surface area (Å²) in [5.74, 6) is 0.835. The molecule has 0 spiro atoms. The minimum absolute atomic E-state index is 0.00658.